The van der Waals surface area contributed by atoms with Crippen LogP contribution in [0, 0.1) is 0 Å². The van der Waals surface area contributed by atoms with E-state index in [9.17, 15) is 0 Å². The van der Waals surface area contributed by atoms with E-state index < -0.39 is 0 Å². The Balaban J connectivity index is 1.69. The normalized spacial score (nSPS) is 20.2. The van der Waals surface area contributed by atoms with Crippen LogP contribution in [0.2, 0.25) is 0 Å². The summed E-state index contributed by atoms with van der Waals surface area (Å²) in [5.41, 5.74) is 1.07. The van der Waals surface area contributed by atoms with Gasteiger partial charge < -0.3 is 15.0 Å². The Hall–Kier alpha value is -0.690. The highest BCUT2D eigenvalue weighted by Crippen LogP contribution is 2.30. The lowest BCUT2D eigenvalue weighted by Crippen LogP contribution is -2.39. The minimum absolute atomic E-state index is 0.229. The number of hydrogen-bond donors (Lipinski definition) is 2. The van der Waals surface area contributed by atoms with Gasteiger partial charge in [0.1, 0.15) is 5.82 Å². The first-order valence-corrected chi connectivity index (χ1v) is 7.54. The Bertz CT molecular complexity index is 519. The average molecular weight is 328 g/mol. The highest BCUT2D eigenvalue weighted by molar-refractivity contribution is 9.11. The van der Waals surface area contributed by atoms with Crippen molar-refractivity contribution in [2.24, 2.45) is 0 Å². The van der Waals surface area contributed by atoms with Gasteiger partial charge in [-0.25, -0.2) is 4.98 Å². The molecule has 1 aliphatic rings. The third kappa shape index (κ3) is 2.83. The second-order valence-corrected chi connectivity index (χ2v) is 6.71. The molecule has 6 heteroatoms. The maximum atomic E-state index is 5.67. The lowest BCUT2D eigenvalue weighted by Gasteiger charge is -2.22. The molecule has 0 radical (unpaired) electrons. The summed E-state index contributed by atoms with van der Waals surface area (Å²) in [6, 6.07) is 4.14. The van der Waals surface area contributed by atoms with Gasteiger partial charge in [0.2, 0.25) is 0 Å². The van der Waals surface area contributed by atoms with Crippen molar-refractivity contribution in [2.45, 2.75) is 12.5 Å². The predicted octanol–water partition coefficient (Wildman–Crippen LogP) is 2.43. The molecule has 18 heavy (non-hydrogen) atoms. The summed E-state index contributed by atoms with van der Waals surface area (Å²) in [5, 5.41) is 3.33. The monoisotopic (exact) mass is 327 g/mol. The topological polar surface area (TPSA) is 49.9 Å². The Morgan fingerprint density at radius 3 is 3.17 bits per heavy atom. The van der Waals surface area contributed by atoms with Crippen LogP contribution in [0.1, 0.15) is 5.82 Å². The van der Waals surface area contributed by atoms with Crippen molar-refractivity contribution >= 4 is 27.3 Å². The van der Waals surface area contributed by atoms with Crippen molar-refractivity contribution in [3.63, 3.8) is 0 Å². The molecule has 2 aromatic rings. The van der Waals surface area contributed by atoms with Crippen LogP contribution in [-0.2, 0) is 11.2 Å². The SMILES string of the molecule is Brc1ccc(-c2cnc(CC3CNCCO3)[nH]2)s1. The predicted molar refractivity (Wildman–Crippen MR) is 75.9 cm³/mol. The number of nitrogens with one attached hydrogen (secondary N) is 2. The standard InChI is InChI=1S/C12H14BrN3OS/c13-11-2-1-10(18-11)9-7-15-12(16-9)5-8-6-14-3-4-17-8/h1-2,7-8,14H,3-6H2,(H,15,16). The molecule has 0 saturated carbocycles. The molecule has 3 rings (SSSR count). The Morgan fingerprint density at radius 1 is 1.50 bits per heavy atom. The molecule has 0 aromatic carbocycles. The van der Waals surface area contributed by atoms with Crippen molar-refractivity contribution in [2.75, 3.05) is 19.7 Å². The van der Waals surface area contributed by atoms with Crippen LogP contribution in [0.3, 0.4) is 0 Å². The number of H-pyrrole nitrogens is 1. The summed E-state index contributed by atoms with van der Waals surface area (Å²) in [6.07, 6.45) is 2.96. The third-order valence-corrected chi connectivity index (χ3v) is 4.55. The molecule has 1 saturated heterocycles. The zero-order valence-electron chi connectivity index (χ0n) is 9.78. The quantitative estimate of drug-likeness (QED) is 0.910. The lowest BCUT2D eigenvalue weighted by molar-refractivity contribution is 0.0281. The van der Waals surface area contributed by atoms with Gasteiger partial charge >= 0.3 is 0 Å². The van der Waals surface area contributed by atoms with Gasteiger partial charge in [0.25, 0.3) is 0 Å². The summed E-state index contributed by atoms with van der Waals surface area (Å²) in [7, 11) is 0. The van der Waals surface area contributed by atoms with Gasteiger partial charge in [-0.05, 0) is 28.1 Å². The van der Waals surface area contributed by atoms with Crippen molar-refractivity contribution in [1.29, 1.82) is 0 Å². The Labute approximate surface area is 118 Å². The van der Waals surface area contributed by atoms with Crippen LogP contribution >= 0.6 is 27.3 Å². The molecule has 1 atom stereocenters. The van der Waals surface area contributed by atoms with E-state index >= 15 is 0 Å². The van der Waals surface area contributed by atoms with Crippen LogP contribution in [0.5, 0.6) is 0 Å². The van der Waals surface area contributed by atoms with E-state index in [2.05, 4.69) is 43.3 Å². The van der Waals surface area contributed by atoms with Crippen LogP contribution in [0.15, 0.2) is 22.1 Å². The number of aromatic amines is 1. The lowest BCUT2D eigenvalue weighted by atomic mass is 10.2. The number of halogens is 1. The second kappa shape index (κ2) is 5.52. The number of nitrogens with zero attached hydrogens (tertiary/aromatic N) is 1. The van der Waals surface area contributed by atoms with Gasteiger partial charge in [-0.2, -0.15) is 0 Å². The number of aromatic nitrogens is 2. The van der Waals surface area contributed by atoms with Crippen LogP contribution < -0.4 is 5.32 Å². The van der Waals surface area contributed by atoms with Gasteiger partial charge in [-0.1, -0.05) is 0 Å². The van der Waals surface area contributed by atoms with Crippen LogP contribution in [-0.4, -0.2) is 35.8 Å². The average Bonchev–Trinajstić information content (AvgIpc) is 2.99. The Kier molecular flexibility index (Phi) is 3.79. The molecule has 1 unspecified atom stereocenters. The largest absolute Gasteiger partial charge is 0.375 e. The first kappa shape index (κ1) is 12.3. The smallest absolute Gasteiger partial charge is 0.109 e. The minimum Gasteiger partial charge on any atom is -0.375 e. The molecule has 1 fully saturated rings. The zero-order valence-corrected chi connectivity index (χ0v) is 12.2. The molecule has 0 bridgehead atoms. The van der Waals surface area contributed by atoms with E-state index in [1.54, 1.807) is 11.3 Å². The molecule has 1 aliphatic heterocycles. The molecule has 0 spiro atoms. The molecule has 2 aromatic heterocycles. The van der Waals surface area contributed by atoms with Gasteiger partial charge in [0.15, 0.2) is 0 Å². The van der Waals surface area contributed by atoms with E-state index in [1.807, 2.05) is 6.20 Å². The maximum absolute atomic E-state index is 5.67. The van der Waals surface area contributed by atoms with Gasteiger partial charge in [-0.3, -0.25) is 0 Å². The summed E-state index contributed by atoms with van der Waals surface area (Å²) in [6.45, 7) is 2.64. The fourth-order valence-corrected chi connectivity index (χ4v) is 3.37. The van der Waals surface area contributed by atoms with E-state index in [1.165, 1.54) is 4.88 Å². The molecule has 3 heterocycles. The second-order valence-electron chi connectivity index (χ2n) is 4.25. The summed E-state index contributed by atoms with van der Waals surface area (Å²) >= 11 is 5.17. The van der Waals surface area contributed by atoms with Crippen molar-refractivity contribution in [1.82, 2.24) is 15.3 Å². The van der Waals surface area contributed by atoms with Gasteiger partial charge in [-0.15, -0.1) is 11.3 Å². The van der Waals surface area contributed by atoms with Crippen LogP contribution in [0.25, 0.3) is 10.6 Å². The molecule has 2 N–H and O–H groups in total. The molecular weight excluding hydrogens is 314 g/mol. The maximum Gasteiger partial charge on any atom is 0.109 e. The van der Waals surface area contributed by atoms with Crippen molar-refractivity contribution in [3.8, 4) is 10.6 Å². The zero-order chi connectivity index (χ0) is 12.4. The van der Waals surface area contributed by atoms with Crippen molar-refractivity contribution < 1.29 is 4.74 Å². The number of thiophene rings is 1. The molecule has 96 valence electrons. The fraction of sp³-hybridized carbons (Fsp3) is 0.417. The first-order chi connectivity index (χ1) is 8.81. The highest BCUT2D eigenvalue weighted by Gasteiger charge is 2.16. The van der Waals surface area contributed by atoms with Gasteiger partial charge in [0, 0.05) is 19.5 Å². The highest BCUT2D eigenvalue weighted by atomic mass is 79.9. The number of imidazole rings is 1. The summed E-state index contributed by atoms with van der Waals surface area (Å²) in [4.78, 5) is 8.98. The van der Waals surface area contributed by atoms with Gasteiger partial charge in [0.05, 0.1) is 33.3 Å². The molecule has 0 aliphatic carbocycles. The van der Waals surface area contributed by atoms with Crippen molar-refractivity contribution in [3.05, 3.63) is 27.9 Å². The number of morpholine rings is 1. The Morgan fingerprint density at radius 2 is 2.44 bits per heavy atom. The number of hydrogen-bond acceptors (Lipinski definition) is 4. The van der Waals surface area contributed by atoms with Crippen LogP contribution in [0.4, 0.5) is 0 Å². The fourth-order valence-electron chi connectivity index (χ4n) is 2.02. The summed E-state index contributed by atoms with van der Waals surface area (Å²) < 4.78 is 6.81. The van der Waals surface area contributed by atoms with E-state index in [-0.39, 0.29) is 6.10 Å². The molecule has 4 nitrogen and oxygen atoms in total. The first-order valence-electron chi connectivity index (χ1n) is 5.93. The third-order valence-electron chi connectivity index (χ3n) is 2.89. The van der Waals surface area contributed by atoms with E-state index in [0.717, 1.165) is 41.4 Å². The molecular formula is C12H14BrN3OS. The number of ether oxygens (including phenoxy) is 1. The van der Waals surface area contributed by atoms with E-state index in [4.69, 9.17) is 4.74 Å². The van der Waals surface area contributed by atoms with E-state index in [0.29, 0.717) is 0 Å². The minimum atomic E-state index is 0.229. The molecule has 0 amide bonds. The number of rotatable bonds is 3. The summed E-state index contributed by atoms with van der Waals surface area (Å²) in [5.74, 6) is 0.989.